The summed E-state index contributed by atoms with van der Waals surface area (Å²) in [7, 11) is 2.53. The summed E-state index contributed by atoms with van der Waals surface area (Å²) in [6, 6.07) is 13.7. The molecule has 0 saturated carbocycles. The van der Waals surface area contributed by atoms with Gasteiger partial charge in [0.05, 0.1) is 23.3 Å². The quantitative estimate of drug-likeness (QED) is 0.273. The van der Waals surface area contributed by atoms with Crippen LogP contribution in [0.2, 0.25) is 5.02 Å². The summed E-state index contributed by atoms with van der Waals surface area (Å²) < 4.78 is 30.6. The molecule has 0 radical (unpaired) electrons. The zero-order chi connectivity index (χ0) is 25.2. The molecule has 0 aliphatic carbocycles. The van der Waals surface area contributed by atoms with Gasteiger partial charge in [0.1, 0.15) is 6.34 Å². The van der Waals surface area contributed by atoms with Crippen LogP contribution in [0.25, 0.3) is 16.9 Å². The second kappa shape index (κ2) is 10.0. The van der Waals surface area contributed by atoms with E-state index in [-0.39, 0.29) is 10.8 Å². The highest BCUT2D eigenvalue weighted by atomic mass is 35.5. The van der Waals surface area contributed by atoms with E-state index in [9.17, 15) is 13.2 Å². The van der Waals surface area contributed by atoms with Gasteiger partial charge in [0.25, 0.3) is 15.9 Å². The number of amides is 1. The number of sulfonamides is 1. The molecule has 0 N–H and O–H groups in total. The van der Waals surface area contributed by atoms with E-state index in [1.807, 2.05) is 30.5 Å². The number of rotatable bonds is 7. The average Bonchev–Trinajstić information content (AvgIpc) is 3.07. The molecule has 0 unspecified atom stereocenters. The maximum atomic E-state index is 13.1. The van der Waals surface area contributed by atoms with Gasteiger partial charge in [-0.05, 0) is 61.4 Å². The molecule has 2 aromatic carbocycles. The summed E-state index contributed by atoms with van der Waals surface area (Å²) in [5, 5.41) is 1.77. The van der Waals surface area contributed by atoms with Crippen molar-refractivity contribution in [2.75, 3.05) is 28.3 Å². The highest BCUT2D eigenvalue weighted by molar-refractivity contribution is 7.90. The molecule has 1 heterocycles. The van der Waals surface area contributed by atoms with Crippen molar-refractivity contribution in [3.63, 3.8) is 0 Å². The first kappa shape index (κ1) is 25.5. The van der Waals surface area contributed by atoms with E-state index < -0.39 is 10.0 Å². The van der Waals surface area contributed by atoms with E-state index in [0.29, 0.717) is 22.0 Å². The number of nitrogens with zero attached hydrogens (tertiary/aromatic N) is 4. The van der Waals surface area contributed by atoms with Crippen molar-refractivity contribution in [1.82, 2.24) is 14.5 Å². The SMILES string of the molecule is CON(C)C(=O)c1c(C)c(-c2ccc(Cl)cc2)n(-c2ccc(S(=O)(=O)/N=C/N(C)C)cc2)c1C. The van der Waals surface area contributed by atoms with E-state index >= 15 is 0 Å². The molecule has 0 aliphatic rings. The molecule has 3 rings (SSSR count). The normalized spacial score (nSPS) is 11.7. The van der Waals surface area contributed by atoms with Crippen molar-refractivity contribution >= 4 is 33.9 Å². The summed E-state index contributed by atoms with van der Waals surface area (Å²) in [5.74, 6) is -0.288. The Kier molecular flexibility index (Phi) is 7.50. The Morgan fingerprint density at radius 2 is 1.62 bits per heavy atom. The smallest absolute Gasteiger partial charge is 0.283 e. The van der Waals surface area contributed by atoms with Crippen molar-refractivity contribution in [2.45, 2.75) is 18.7 Å². The van der Waals surface area contributed by atoms with Gasteiger partial charge >= 0.3 is 0 Å². The molecule has 34 heavy (non-hydrogen) atoms. The predicted molar refractivity (Wildman–Crippen MR) is 134 cm³/mol. The van der Waals surface area contributed by atoms with E-state index in [1.54, 1.807) is 50.3 Å². The van der Waals surface area contributed by atoms with Crippen LogP contribution in [0.15, 0.2) is 57.8 Å². The Hall–Kier alpha value is -3.14. The molecular formula is C24H27ClN4O4S. The Morgan fingerprint density at radius 3 is 2.15 bits per heavy atom. The van der Waals surface area contributed by atoms with Gasteiger partial charge in [-0.2, -0.15) is 8.42 Å². The van der Waals surface area contributed by atoms with E-state index in [1.165, 1.54) is 30.6 Å². The van der Waals surface area contributed by atoms with Gasteiger partial charge in [0.15, 0.2) is 0 Å². The lowest BCUT2D eigenvalue weighted by Crippen LogP contribution is -2.26. The van der Waals surface area contributed by atoms with Crippen LogP contribution in [0.4, 0.5) is 0 Å². The Bertz CT molecular complexity index is 1330. The molecular weight excluding hydrogens is 476 g/mol. The van der Waals surface area contributed by atoms with Crippen LogP contribution in [0.3, 0.4) is 0 Å². The van der Waals surface area contributed by atoms with Gasteiger partial charge in [-0.3, -0.25) is 9.63 Å². The van der Waals surface area contributed by atoms with Crippen LogP contribution >= 0.6 is 11.6 Å². The lowest BCUT2D eigenvalue weighted by atomic mass is 10.0. The van der Waals surface area contributed by atoms with Crippen molar-refractivity contribution in [2.24, 2.45) is 4.40 Å². The third-order valence-corrected chi connectivity index (χ3v) is 6.84. The second-order valence-electron chi connectivity index (χ2n) is 7.91. The minimum absolute atomic E-state index is 0.0688. The van der Waals surface area contributed by atoms with Gasteiger partial charge < -0.3 is 9.47 Å². The van der Waals surface area contributed by atoms with Gasteiger partial charge in [0.2, 0.25) is 0 Å². The summed E-state index contributed by atoms with van der Waals surface area (Å²) in [6.07, 6.45) is 1.24. The summed E-state index contributed by atoms with van der Waals surface area (Å²) in [4.78, 5) is 19.8. The number of benzene rings is 2. The van der Waals surface area contributed by atoms with Gasteiger partial charge in [-0.15, -0.1) is 4.40 Å². The first-order valence-electron chi connectivity index (χ1n) is 10.3. The topological polar surface area (TPSA) is 84.2 Å². The molecule has 0 bridgehead atoms. The molecule has 0 spiro atoms. The number of hydrogen-bond acceptors (Lipinski definition) is 4. The highest BCUT2D eigenvalue weighted by Gasteiger charge is 2.26. The second-order valence-corrected chi connectivity index (χ2v) is 9.98. The lowest BCUT2D eigenvalue weighted by molar-refractivity contribution is -0.0757. The number of carbonyl (C=O) groups excluding carboxylic acids is 1. The molecule has 3 aromatic rings. The van der Waals surface area contributed by atoms with E-state index in [0.717, 1.165) is 16.8 Å². The number of carbonyl (C=O) groups is 1. The largest absolute Gasteiger partial charge is 0.368 e. The standard InChI is InChI=1S/C24H27ClN4O4S/c1-16-22(24(30)28(5)33-6)17(2)29(23(16)18-7-9-19(25)10-8-18)20-11-13-21(14-12-20)34(31,32)26-15-27(3)4/h7-15H,1-6H3/b26-15+. The lowest BCUT2D eigenvalue weighted by Gasteiger charge is -2.15. The Labute approximate surface area is 205 Å². The van der Waals surface area contributed by atoms with Crippen molar-refractivity contribution in [1.29, 1.82) is 0 Å². The fraction of sp³-hybridized carbons (Fsp3) is 0.250. The van der Waals surface area contributed by atoms with Crippen LogP contribution < -0.4 is 0 Å². The van der Waals surface area contributed by atoms with Crippen LogP contribution in [0.1, 0.15) is 21.6 Å². The van der Waals surface area contributed by atoms with Crippen molar-refractivity contribution in [3.05, 3.63) is 70.4 Å². The molecule has 0 aliphatic heterocycles. The summed E-state index contributed by atoms with van der Waals surface area (Å²) in [6.45, 7) is 3.72. The molecule has 8 nitrogen and oxygen atoms in total. The van der Waals surface area contributed by atoms with Gasteiger partial charge in [-0.1, -0.05) is 23.7 Å². The molecule has 1 amide bonds. The summed E-state index contributed by atoms with van der Waals surface area (Å²) in [5.41, 5.74) is 4.31. The fourth-order valence-corrected chi connectivity index (χ4v) is 4.69. The Balaban J connectivity index is 2.21. The van der Waals surface area contributed by atoms with E-state index in [4.69, 9.17) is 16.4 Å². The van der Waals surface area contributed by atoms with Crippen molar-refractivity contribution < 1.29 is 18.0 Å². The number of halogens is 1. The molecule has 0 atom stereocenters. The molecule has 0 fully saturated rings. The van der Waals surface area contributed by atoms with Crippen LogP contribution in [0, 0.1) is 13.8 Å². The number of hydrogen-bond donors (Lipinski definition) is 0. The number of aromatic nitrogens is 1. The summed E-state index contributed by atoms with van der Waals surface area (Å²) >= 11 is 6.09. The zero-order valence-corrected chi connectivity index (χ0v) is 21.5. The predicted octanol–water partition coefficient (Wildman–Crippen LogP) is 4.33. The maximum absolute atomic E-state index is 13.1. The molecule has 10 heteroatoms. The molecule has 1 aromatic heterocycles. The van der Waals surface area contributed by atoms with Crippen LogP contribution in [-0.2, 0) is 14.9 Å². The third-order valence-electron chi connectivity index (χ3n) is 5.35. The average molecular weight is 503 g/mol. The monoisotopic (exact) mass is 502 g/mol. The van der Waals surface area contributed by atoms with Crippen LogP contribution in [0.5, 0.6) is 0 Å². The highest BCUT2D eigenvalue weighted by Crippen LogP contribution is 2.35. The Morgan fingerprint density at radius 1 is 1.03 bits per heavy atom. The molecule has 0 saturated heterocycles. The first-order valence-corrected chi connectivity index (χ1v) is 12.2. The fourth-order valence-electron chi connectivity index (χ4n) is 3.65. The van der Waals surface area contributed by atoms with Crippen LogP contribution in [-0.4, -0.2) is 63.4 Å². The van der Waals surface area contributed by atoms with Gasteiger partial charge in [-0.25, -0.2) is 5.06 Å². The minimum atomic E-state index is -3.84. The van der Waals surface area contributed by atoms with E-state index in [2.05, 4.69) is 4.40 Å². The maximum Gasteiger partial charge on any atom is 0.283 e. The first-order chi connectivity index (χ1) is 16.0. The number of hydroxylamine groups is 2. The van der Waals surface area contributed by atoms with Crippen molar-refractivity contribution in [3.8, 4) is 16.9 Å². The minimum Gasteiger partial charge on any atom is -0.368 e. The third kappa shape index (κ3) is 5.01. The zero-order valence-electron chi connectivity index (χ0n) is 19.9. The van der Waals surface area contributed by atoms with Gasteiger partial charge in [0, 0.05) is 37.5 Å². The molecule has 180 valence electrons.